The van der Waals surface area contributed by atoms with Crippen LogP contribution >= 0.6 is 0 Å². The average Bonchev–Trinajstić information content (AvgIpc) is 3.22. The summed E-state index contributed by atoms with van der Waals surface area (Å²) in [7, 11) is 0. The molecule has 0 unspecified atom stereocenters. The Hall–Kier alpha value is -3.66. The Balaban J connectivity index is 1.49. The maximum atomic E-state index is 12.9. The van der Waals surface area contributed by atoms with Crippen LogP contribution < -0.4 is 5.32 Å². The zero-order valence-electron chi connectivity index (χ0n) is 18.7. The Labute approximate surface area is 192 Å². The van der Waals surface area contributed by atoms with E-state index in [1.54, 1.807) is 12.3 Å². The van der Waals surface area contributed by atoms with Gasteiger partial charge >= 0.3 is 12.1 Å². The summed E-state index contributed by atoms with van der Waals surface area (Å²) in [6.07, 6.45) is 5.03. The molecule has 2 saturated heterocycles. The second-order valence-electron chi connectivity index (χ2n) is 9.31. The highest BCUT2D eigenvalue weighted by atomic mass is 16.6. The third kappa shape index (κ3) is 2.90. The first-order chi connectivity index (χ1) is 15.8. The molecular weight excluding hydrogens is 418 g/mol. The summed E-state index contributed by atoms with van der Waals surface area (Å²) in [6.45, 7) is 6.03. The number of carbonyl (C=O) groups is 2. The predicted octanol–water partition coefficient (Wildman–Crippen LogP) is 4.09. The minimum Gasteiger partial charge on any atom is -0.457 e. The van der Waals surface area contributed by atoms with E-state index in [4.69, 9.17) is 9.47 Å². The van der Waals surface area contributed by atoms with Gasteiger partial charge in [-0.1, -0.05) is 44.2 Å². The van der Waals surface area contributed by atoms with Crippen molar-refractivity contribution in [3.05, 3.63) is 59.9 Å². The van der Waals surface area contributed by atoms with Gasteiger partial charge in [-0.25, -0.2) is 9.59 Å². The molecule has 0 radical (unpaired) electrons. The van der Waals surface area contributed by atoms with Gasteiger partial charge in [0.05, 0.1) is 17.3 Å². The fourth-order valence-electron chi connectivity index (χ4n) is 5.88. The Morgan fingerprint density at radius 1 is 1.18 bits per heavy atom. The summed E-state index contributed by atoms with van der Waals surface area (Å²) < 4.78 is 11.3. The average molecular weight is 444 g/mol. The number of pyridine rings is 1. The van der Waals surface area contributed by atoms with Crippen LogP contribution in [0.15, 0.2) is 48.7 Å². The highest BCUT2D eigenvalue weighted by Gasteiger charge is 2.78. The quantitative estimate of drug-likeness (QED) is 0.717. The molecule has 1 N–H and O–H groups in total. The van der Waals surface area contributed by atoms with Crippen molar-refractivity contribution in [2.24, 2.45) is 17.8 Å². The zero-order chi connectivity index (χ0) is 23.4. The SMILES string of the molecule is C[C@@H]1[C@@H](C)C[C@]23OC(=O)N[C@]2([C@@H](C)OC3=O)[C@H]1C=Cc1ccc(-c2ccccc2C#N)cn1. The number of nitrogens with zero attached hydrogens (tertiary/aromatic N) is 2. The number of nitriles is 1. The Bertz CT molecular complexity index is 1200. The summed E-state index contributed by atoms with van der Waals surface area (Å²) in [5.41, 5.74) is 0.783. The molecule has 2 aromatic rings. The third-order valence-electron chi connectivity index (χ3n) is 7.72. The summed E-state index contributed by atoms with van der Waals surface area (Å²) >= 11 is 0. The highest BCUT2D eigenvalue weighted by Crippen LogP contribution is 2.58. The Morgan fingerprint density at radius 2 is 1.97 bits per heavy atom. The number of alkyl carbamates (subject to hydrolysis) is 1. The van der Waals surface area contributed by atoms with E-state index in [9.17, 15) is 14.9 Å². The monoisotopic (exact) mass is 443 g/mol. The van der Waals surface area contributed by atoms with E-state index in [-0.39, 0.29) is 17.8 Å². The number of ether oxygens (including phenoxy) is 2. The van der Waals surface area contributed by atoms with Crippen LogP contribution in [0.3, 0.4) is 0 Å². The molecule has 1 aromatic carbocycles. The number of benzene rings is 1. The number of hydrogen-bond donors (Lipinski definition) is 1. The first kappa shape index (κ1) is 21.2. The molecule has 1 aliphatic carbocycles. The lowest BCUT2D eigenvalue weighted by Gasteiger charge is -2.49. The molecule has 3 heterocycles. The van der Waals surface area contributed by atoms with Gasteiger partial charge in [0.25, 0.3) is 0 Å². The largest absolute Gasteiger partial charge is 0.457 e. The number of amides is 1. The standard InChI is InChI=1S/C26H25N3O4/c1-15-12-25-23(30)32-17(3)26(25,29-24(31)33-25)22(16(15)2)11-10-20-9-8-19(14-28-20)21-7-5-4-6-18(21)13-27/h4-11,14-17,22H,12H2,1-3H3,(H,29,31)/t15-,16+,17+,22-,25+,26+/m0/s1. The van der Waals surface area contributed by atoms with Crippen LogP contribution in [0.5, 0.6) is 0 Å². The predicted molar refractivity (Wildman–Crippen MR) is 120 cm³/mol. The van der Waals surface area contributed by atoms with Crippen molar-refractivity contribution in [2.45, 2.75) is 44.4 Å². The van der Waals surface area contributed by atoms with Gasteiger partial charge in [-0.3, -0.25) is 4.98 Å². The number of cyclic esters (lactones) is 1. The summed E-state index contributed by atoms with van der Waals surface area (Å²) in [6, 6.07) is 13.5. The first-order valence-corrected chi connectivity index (χ1v) is 11.2. The second kappa shape index (κ2) is 7.45. The van der Waals surface area contributed by atoms with Gasteiger partial charge in [-0.2, -0.15) is 5.26 Å². The van der Waals surface area contributed by atoms with Crippen molar-refractivity contribution in [3.63, 3.8) is 0 Å². The van der Waals surface area contributed by atoms with Crippen molar-refractivity contribution in [2.75, 3.05) is 0 Å². The second-order valence-corrected chi connectivity index (χ2v) is 9.31. The number of hydrogen-bond acceptors (Lipinski definition) is 6. The maximum Gasteiger partial charge on any atom is 0.409 e. The van der Waals surface area contributed by atoms with Gasteiger partial charge in [0.1, 0.15) is 11.6 Å². The molecule has 6 atom stereocenters. The van der Waals surface area contributed by atoms with Gasteiger partial charge in [0.15, 0.2) is 0 Å². The van der Waals surface area contributed by atoms with E-state index in [0.29, 0.717) is 12.0 Å². The molecule has 1 aromatic heterocycles. The van der Waals surface area contributed by atoms with E-state index >= 15 is 0 Å². The number of rotatable bonds is 3. The van der Waals surface area contributed by atoms with Crippen LogP contribution in [-0.2, 0) is 14.3 Å². The molecule has 0 spiro atoms. The molecule has 7 nitrogen and oxygen atoms in total. The van der Waals surface area contributed by atoms with Crippen LogP contribution in [0.4, 0.5) is 4.79 Å². The van der Waals surface area contributed by atoms with Crippen LogP contribution in [0.2, 0.25) is 0 Å². The zero-order valence-corrected chi connectivity index (χ0v) is 18.7. The van der Waals surface area contributed by atoms with Crippen molar-refractivity contribution in [1.29, 1.82) is 5.26 Å². The summed E-state index contributed by atoms with van der Waals surface area (Å²) in [5.74, 6) is -0.328. The lowest BCUT2D eigenvalue weighted by molar-refractivity contribution is -0.157. The van der Waals surface area contributed by atoms with Crippen LogP contribution in [0.1, 0.15) is 38.4 Å². The molecule has 5 rings (SSSR count). The first-order valence-electron chi connectivity index (χ1n) is 11.2. The van der Waals surface area contributed by atoms with E-state index in [0.717, 1.165) is 16.8 Å². The van der Waals surface area contributed by atoms with E-state index in [2.05, 4.69) is 30.2 Å². The molecule has 168 valence electrons. The third-order valence-corrected chi connectivity index (χ3v) is 7.72. The van der Waals surface area contributed by atoms with Gasteiger partial charge in [0, 0.05) is 29.7 Å². The van der Waals surface area contributed by atoms with Gasteiger partial charge in [-0.15, -0.1) is 0 Å². The van der Waals surface area contributed by atoms with E-state index < -0.39 is 29.3 Å². The minimum atomic E-state index is -1.30. The van der Waals surface area contributed by atoms with Gasteiger partial charge in [0.2, 0.25) is 5.60 Å². The molecule has 1 amide bonds. The van der Waals surface area contributed by atoms with Gasteiger partial charge < -0.3 is 14.8 Å². The topological polar surface area (TPSA) is 101 Å². The molecule has 1 saturated carbocycles. The molecule has 0 bridgehead atoms. The highest BCUT2D eigenvalue weighted by molar-refractivity contribution is 5.92. The maximum absolute atomic E-state index is 12.9. The Morgan fingerprint density at radius 3 is 2.70 bits per heavy atom. The smallest absolute Gasteiger partial charge is 0.409 e. The van der Waals surface area contributed by atoms with E-state index in [1.165, 1.54) is 0 Å². The molecular formula is C26H25N3O4. The normalized spacial score (nSPS) is 34.7. The van der Waals surface area contributed by atoms with E-state index in [1.807, 2.05) is 49.4 Å². The van der Waals surface area contributed by atoms with Crippen LogP contribution in [0.25, 0.3) is 17.2 Å². The molecule has 3 aliphatic rings. The molecule has 2 aliphatic heterocycles. The summed E-state index contributed by atoms with van der Waals surface area (Å²) in [4.78, 5) is 29.8. The van der Waals surface area contributed by atoms with Crippen molar-refractivity contribution >= 4 is 18.1 Å². The summed E-state index contributed by atoms with van der Waals surface area (Å²) in [5, 5.41) is 12.3. The number of carbonyl (C=O) groups excluding carboxylic acids is 2. The molecule has 3 fully saturated rings. The van der Waals surface area contributed by atoms with Crippen molar-refractivity contribution < 1.29 is 19.1 Å². The number of esters is 1. The fourth-order valence-corrected chi connectivity index (χ4v) is 5.88. The van der Waals surface area contributed by atoms with Crippen LogP contribution in [-0.4, -0.2) is 34.3 Å². The van der Waals surface area contributed by atoms with Crippen LogP contribution in [0, 0.1) is 29.1 Å². The molecule has 7 heteroatoms. The van der Waals surface area contributed by atoms with Crippen molar-refractivity contribution in [3.8, 4) is 17.2 Å². The molecule has 33 heavy (non-hydrogen) atoms. The lowest BCUT2D eigenvalue weighted by Crippen LogP contribution is -2.69. The lowest BCUT2D eigenvalue weighted by atomic mass is 9.55. The number of aromatic nitrogens is 1. The van der Waals surface area contributed by atoms with Gasteiger partial charge in [-0.05, 0) is 37.0 Å². The number of nitrogens with one attached hydrogen (secondary N) is 1. The Kier molecular flexibility index (Phi) is 4.78. The minimum absolute atomic E-state index is 0.149. The van der Waals surface area contributed by atoms with Crippen molar-refractivity contribution in [1.82, 2.24) is 10.3 Å². The fraction of sp³-hybridized carbons (Fsp3) is 0.385.